The molecule has 1 saturated heterocycles. The fourth-order valence-electron chi connectivity index (χ4n) is 5.98. The Morgan fingerprint density at radius 1 is 1.10 bits per heavy atom. The molecule has 1 aliphatic heterocycles. The maximum Gasteiger partial charge on any atom is 0.404 e. The topological polar surface area (TPSA) is 134 Å². The summed E-state index contributed by atoms with van der Waals surface area (Å²) in [5.74, 6) is -1.11. The lowest BCUT2D eigenvalue weighted by atomic mass is 10.0. The fraction of sp³-hybridized carbons (Fsp3) is 0.500. The summed E-state index contributed by atoms with van der Waals surface area (Å²) in [5, 5.41) is 12.6. The van der Waals surface area contributed by atoms with Gasteiger partial charge in [0.25, 0.3) is 5.56 Å². The van der Waals surface area contributed by atoms with E-state index in [1.165, 1.54) is 6.92 Å². The minimum Gasteiger partial charge on any atom is -0.481 e. The summed E-state index contributed by atoms with van der Waals surface area (Å²) in [6.45, 7) is 3.82. The zero-order valence-electron chi connectivity index (χ0n) is 23.3. The van der Waals surface area contributed by atoms with Crippen LogP contribution in [0.2, 0.25) is 0 Å². The second kappa shape index (κ2) is 11.7. The van der Waals surface area contributed by atoms with Gasteiger partial charge in [-0.15, -0.1) is 0 Å². The number of halogens is 3. The zero-order valence-corrected chi connectivity index (χ0v) is 23.3. The number of hydrogen-bond donors (Lipinski definition) is 2. The molecule has 0 amide bonds. The Kier molecular flexibility index (Phi) is 8.17. The number of aromatic nitrogens is 4. The van der Waals surface area contributed by atoms with E-state index in [4.69, 9.17) is 5.11 Å². The number of aryl methyl sites for hydroxylation is 1. The average molecular weight is 588 g/mol. The molecule has 3 aromatic heterocycles. The molecule has 14 heteroatoms. The molecule has 4 heterocycles. The summed E-state index contributed by atoms with van der Waals surface area (Å²) in [6.07, 6.45) is 1.23. The maximum absolute atomic E-state index is 13.4. The summed E-state index contributed by atoms with van der Waals surface area (Å²) in [5.41, 5.74) is 1.55. The number of hydrogen-bond acceptors (Lipinski definition) is 9. The molecule has 1 aliphatic carbocycles. The second-order valence-electron chi connectivity index (χ2n) is 10.8. The van der Waals surface area contributed by atoms with Gasteiger partial charge in [0, 0.05) is 43.8 Å². The van der Waals surface area contributed by atoms with Gasteiger partial charge in [0.2, 0.25) is 5.95 Å². The van der Waals surface area contributed by atoms with E-state index in [1.807, 2.05) is 4.90 Å². The summed E-state index contributed by atoms with van der Waals surface area (Å²) >= 11 is 0. The van der Waals surface area contributed by atoms with Gasteiger partial charge in [-0.05, 0) is 44.4 Å². The lowest BCUT2D eigenvalue weighted by Crippen LogP contribution is -2.55. The van der Waals surface area contributed by atoms with Crippen molar-refractivity contribution in [3.05, 3.63) is 46.0 Å². The standard InChI is InChI=1S/C28H32F3N7O4/c1-16-20-15-33-27(35-25(20)38(18-5-3-4-6-18)26(42)24(16)17(2)39)34-22-8-7-19(14-32-22)36-9-11-37(12-10-36)21(13-23(40)41)28(29,30)31/h7-8,14-15,18,21H,3-6,9-13H2,1-2H3,(H,40,41)(H,32,33,34,35). The molecule has 42 heavy (non-hydrogen) atoms. The van der Waals surface area contributed by atoms with Crippen LogP contribution in [-0.4, -0.2) is 79.7 Å². The summed E-state index contributed by atoms with van der Waals surface area (Å²) in [4.78, 5) is 53.2. The molecule has 0 spiro atoms. The monoisotopic (exact) mass is 587 g/mol. The van der Waals surface area contributed by atoms with Crippen LogP contribution in [0.25, 0.3) is 11.0 Å². The molecule has 2 aliphatic rings. The van der Waals surface area contributed by atoms with Gasteiger partial charge < -0.3 is 15.3 Å². The van der Waals surface area contributed by atoms with Crippen LogP contribution in [0.15, 0.2) is 29.3 Å². The number of Topliss-reactive ketones (excluding diaryl/α,β-unsaturated/α-hetero) is 1. The Morgan fingerprint density at radius 2 is 1.79 bits per heavy atom. The number of carboxylic acids is 1. The van der Waals surface area contributed by atoms with Crippen molar-refractivity contribution in [2.75, 3.05) is 36.4 Å². The molecule has 224 valence electrons. The van der Waals surface area contributed by atoms with E-state index in [2.05, 4.69) is 20.3 Å². The largest absolute Gasteiger partial charge is 0.481 e. The van der Waals surface area contributed by atoms with Crippen molar-refractivity contribution in [2.24, 2.45) is 0 Å². The summed E-state index contributed by atoms with van der Waals surface area (Å²) in [7, 11) is 0. The van der Waals surface area contributed by atoms with E-state index in [9.17, 15) is 27.6 Å². The van der Waals surface area contributed by atoms with E-state index in [0.29, 0.717) is 28.1 Å². The summed E-state index contributed by atoms with van der Waals surface area (Å²) in [6, 6.07) is 1.41. The first kappa shape index (κ1) is 29.4. The molecular weight excluding hydrogens is 555 g/mol. The average Bonchev–Trinajstić information content (AvgIpc) is 3.46. The Balaban J connectivity index is 1.33. The number of anilines is 3. The fourth-order valence-corrected chi connectivity index (χ4v) is 5.98. The quantitative estimate of drug-likeness (QED) is 0.371. The van der Waals surface area contributed by atoms with Gasteiger partial charge in [-0.3, -0.25) is 23.9 Å². The number of piperazine rings is 1. The highest BCUT2D eigenvalue weighted by Crippen LogP contribution is 2.32. The molecule has 0 radical (unpaired) electrons. The van der Waals surface area contributed by atoms with Crippen molar-refractivity contribution in [3.63, 3.8) is 0 Å². The van der Waals surface area contributed by atoms with E-state index in [1.54, 1.807) is 36.0 Å². The van der Waals surface area contributed by atoms with Crippen LogP contribution in [0.3, 0.4) is 0 Å². The third-order valence-electron chi connectivity index (χ3n) is 8.10. The number of carboxylic acid groups (broad SMARTS) is 1. The van der Waals surface area contributed by atoms with E-state index in [0.717, 1.165) is 30.6 Å². The van der Waals surface area contributed by atoms with Crippen molar-refractivity contribution >= 4 is 40.2 Å². The van der Waals surface area contributed by atoms with Gasteiger partial charge in [0.05, 0.1) is 23.9 Å². The second-order valence-corrected chi connectivity index (χ2v) is 10.8. The van der Waals surface area contributed by atoms with Gasteiger partial charge in [0.1, 0.15) is 17.5 Å². The van der Waals surface area contributed by atoms with Crippen molar-refractivity contribution in [2.45, 2.75) is 64.2 Å². The smallest absolute Gasteiger partial charge is 0.404 e. The number of carbonyl (C=O) groups is 2. The first-order chi connectivity index (χ1) is 19.9. The Hall–Kier alpha value is -4.07. The van der Waals surface area contributed by atoms with Crippen LogP contribution in [0.1, 0.15) is 61.0 Å². The first-order valence-electron chi connectivity index (χ1n) is 13.9. The molecule has 3 aromatic rings. The SMILES string of the molecule is CC(=O)c1c(C)c2cnc(Nc3ccc(N4CCN(C(CC(=O)O)C(F)(F)F)CC4)cn3)nc2n(C2CCCC2)c1=O. The van der Waals surface area contributed by atoms with Gasteiger partial charge in [0.15, 0.2) is 5.78 Å². The Bertz CT molecular complexity index is 1540. The number of ketones is 1. The first-order valence-corrected chi connectivity index (χ1v) is 13.9. The van der Waals surface area contributed by atoms with Gasteiger partial charge in [-0.2, -0.15) is 18.2 Å². The van der Waals surface area contributed by atoms with Crippen LogP contribution in [0.4, 0.5) is 30.6 Å². The van der Waals surface area contributed by atoms with Gasteiger partial charge in [-0.1, -0.05) is 12.8 Å². The predicted molar refractivity (Wildman–Crippen MR) is 149 cm³/mol. The van der Waals surface area contributed by atoms with Crippen LogP contribution in [0, 0.1) is 6.92 Å². The van der Waals surface area contributed by atoms with Crippen molar-refractivity contribution in [1.29, 1.82) is 0 Å². The Labute approximate surface area is 239 Å². The molecule has 1 unspecified atom stereocenters. The summed E-state index contributed by atoms with van der Waals surface area (Å²) < 4.78 is 41.9. The number of alkyl halides is 3. The van der Waals surface area contributed by atoms with Crippen LogP contribution in [-0.2, 0) is 4.79 Å². The maximum atomic E-state index is 13.4. The number of fused-ring (bicyclic) bond motifs is 1. The van der Waals surface area contributed by atoms with Crippen molar-refractivity contribution in [3.8, 4) is 0 Å². The number of pyridine rings is 2. The van der Waals surface area contributed by atoms with Gasteiger partial charge in [-0.25, -0.2) is 9.97 Å². The minimum atomic E-state index is -4.62. The number of rotatable bonds is 8. The highest BCUT2D eigenvalue weighted by atomic mass is 19.4. The zero-order chi connectivity index (χ0) is 30.2. The molecule has 0 aromatic carbocycles. The van der Waals surface area contributed by atoms with E-state index < -0.39 is 24.6 Å². The normalized spacial score (nSPS) is 17.5. The molecule has 11 nitrogen and oxygen atoms in total. The van der Waals surface area contributed by atoms with E-state index in [-0.39, 0.29) is 55.1 Å². The minimum absolute atomic E-state index is 0.0464. The highest BCUT2D eigenvalue weighted by Gasteiger charge is 2.45. The third kappa shape index (κ3) is 5.94. The molecular formula is C28H32F3N7O4. The molecule has 1 atom stereocenters. The highest BCUT2D eigenvalue weighted by molar-refractivity contribution is 5.99. The van der Waals surface area contributed by atoms with Crippen molar-refractivity contribution < 1.29 is 27.9 Å². The predicted octanol–water partition coefficient (Wildman–Crippen LogP) is 4.08. The molecule has 2 fully saturated rings. The number of carbonyl (C=O) groups excluding carboxylic acids is 1. The molecule has 2 N–H and O–H groups in total. The van der Waals surface area contributed by atoms with Gasteiger partial charge >= 0.3 is 12.1 Å². The molecule has 1 saturated carbocycles. The third-order valence-corrected chi connectivity index (χ3v) is 8.10. The molecule has 0 bridgehead atoms. The van der Waals surface area contributed by atoms with Crippen LogP contribution < -0.4 is 15.8 Å². The lowest BCUT2D eigenvalue weighted by Gasteiger charge is -2.40. The Morgan fingerprint density at radius 3 is 2.36 bits per heavy atom. The van der Waals surface area contributed by atoms with Crippen molar-refractivity contribution in [1.82, 2.24) is 24.4 Å². The number of aliphatic carboxylic acids is 1. The van der Waals surface area contributed by atoms with Crippen LogP contribution >= 0.6 is 0 Å². The van der Waals surface area contributed by atoms with Crippen LogP contribution in [0.5, 0.6) is 0 Å². The number of nitrogens with zero attached hydrogens (tertiary/aromatic N) is 6. The molecule has 5 rings (SSSR count). The number of nitrogens with one attached hydrogen (secondary N) is 1. The van der Waals surface area contributed by atoms with E-state index >= 15 is 0 Å². The lowest BCUT2D eigenvalue weighted by molar-refractivity contribution is -0.191.